The van der Waals surface area contributed by atoms with Crippen LogP contribution < -0.4 is 22.9 Å². The minimum atomic E-state index is -4.71. The van der Waals surface area contributed by atoms with Crippen molar-refractivity contribution in [3.05, 3.63) is 96.1 Å². The van der Waals surface area contributed by atoms with Gasteiger partial charge in [-0.1, -0.05) is 60.7 Å². The average molecular weight is 711 g/mol. The lowest BCUT2D eigenvalue weighted by Gasteiger charge is -2.13. The predicted octanol–water partition coefficient (Wildman–Crippen LogP) is 7.93. The number of fused-ring (bicyclic) bond motifs is 2. The fourth-order valence-corrected chi connectivity index (χ4v) is 7.55. The molecule has 0 fully saturated rings. The molecular formula is C34H30N8O6S2. The second-order valence-electron chi connectivity index (χ2n) is 11.4. The van der Waals surface area contributed by atoms with Gasteiger partial charge in [-0.25, -0.2) is 0 Å². The molecule has 0 saturated carbocycles. The standard InChI is InChI=1S/C34H30N8O6S2/c1-17-15-19(39-41-31-27(35)23-7-3-5-9-25(23)33(29(31)37)49(43,44)45)11-13-21(17)22-14-12-20(16-18(22)2)40-42-32-28(36)24-8-4-6-10-26(24)34(30(32)38)50(46,47)48/h3-16H,35-38H2,1-2H3,(H,43,44,45)(H,46,47,48)/b41-39+,42-40+. The van der Waals surface area contributed by atoms with Crippen molar-refractivity contribution in [2.75, 3.05) is 22.9 Å². The number of rotatable bonds is 7. The monoisotopic (exact) mass is 710 g/mol. The molecule has 14 nitrogen and oxygen atoms in total. The summed E-state index contributed by atoms with van der Waals surface area (Å²) in [5.41, 5.74) is 28.6. The molecule has 0 amide bonds. The molecule has 16 heteroatoms. The zero-order valence-corrected chi connectivity index (χ0v) is 28.2. The molecule has 10 N–H and O–H groups in total. The number of hydrogen-bond donors (Lipinski definition) is 6. The number of benzene rings is 6. The van der Waals surface area contributed by atoms with Crippen molar-refractivity contribution in [3.8, 4) is 11.1 Å². The molecule has 0 aliphatic heterocycles. The van der Waals surface area contributed by atoms with E-state index in [1.165, 1.54) is 12.1 Å². The third-order valence-corrected chi connectivity index (χ3v) is 10.1. The predicted molar refractivity (Wildman–Crippen MR) is 195 cm³/mol. The maximum Gasteiger partial charge on any atom is 0.297 e. The summed E-state index contributed by atoms with van der Waals surface area (Å²) in [5, 5.41) is 17.9. The van der Waals surface area contributed by atoms with Crippen LogP contribution in [0.25, 0.3) is 32.7 Å². The Labute approximate surface area is 286 Å². The van der Waals surface area contributed by atoms with Crippen LogP contribution >= 0.6 is 0 Å². The fourth-order valence-electron chi connectivity index (χ4n) is 5.89. The molecule has 0 aliphatic rings. The maximum absolute atomic E-state index is 12.2. The SMILES string of the molecule is Cc1cc(/N=N/c2c(N)c(S(=O)(=O)O)c3ccccc3c2N)ccc1-c1ccc(/N=N/c2c(N)c(S(=O)(=O)O)c3ccccc3c2N)cc1C. The molecule has 0 unspecified atom stereocenters. The summed E-state index contributed by atoms with van der Waals surface area (Å²) in [4.78, 5) is -0.985. The zero-order chi connectivity index (χ0) is 36.1. The van der Waals surface area contributed by atoms with Gasteiger partial charge in [-0.3, -0.25) is 9.11 Å². The summed E-state index contributed by atoms with van der Waals surface area (Å²) in [6.45, 7) is 3.77. The Morgan fingerprint density at radius 1 is 0.480 bits per heavy atom. The van der Waals surface area contributed by atoms with Crippen LogP contribution in [0.15, 0.2) is 115 Å². The summed E-state index contributed by atoms with van der Waals surface area (Å²) < 4.78 is 68.6. The van der Waals surface area contributed by atoms with Crippen LogP contribution in [0.1, 0.15) is 11.1 Å². The number of anilines is 4. The van der Waals surface area contributed by atoms with Crippen LogP contribution in [0.3, 0.4) is 0 Å². The van der Waals surface area contributed by atoms with Gasteiger partial charge < -0.3 is 22.9 Å². The van der Waals surface area contributed by atoms with Crippen LogP contribution in [0, 0.1) is 13.8 Å². The molecule has 254 valence electrons. The average Bonchev–Trinajstić information content (AvgIpc) is 3.04. The van der Waals surface area contributed by atoms with Crippen molar-refractivity contribution < 1.29 is 25.9 Å². The lowest BCUT2D eigenvalue weighted by molar-refractivity contribution is 0.482. The van der Waals surface area contributed by atoms with Crippen LogP contribution in [0.2, 0.25) is 0 Å². The Morgan fingerprint density at radius 2 is 0.820 bits per heavy atom. The molecule has 6 aromatic rings. The Hall–Kier alpha value is -5.94. The van der Waals surface area contributed by atoms with Gasteiger partial charge in [-0.15, -0.1) is 10.2 Å². The van der Waals surface area contributed by atoms with Gasteiger partial charge in [0.15, 0.2) is 0 Å². The van der Waals surface area contributed by atoms with Crippen LogP contribution in [0.5, 0.6) is 0 Å². The quantitative estimate of drug-likeness (QED) is 0.0529. The lowest BCUT2D eigenvalue weighted by atomic mass is 9.96. The third kappa shape index (κ3) is 6.07. The van der Waals surface area contributed by atoms with Gasteiger partial charge in [0.1, 0.15) is 21.2 Å². The van der Waals surface area contributed by atoms with E-state index in [0.29, 0.717) is 22.1 Å². The van der Waals surface area contributed by atoms with E-state index in [1.54, 1.807) is 60.7 Å². The molecule has 6 rings (SSSR count). The van der Waals surface area contributed by atoms with Crippen molar-refractivity contribution in [2.24, 2.45) is 20.5 Å². The summed E-state index contributed by atoms with van der Waals surface area (Å²) in [6.07, 6.45) is 0. The molecule has 6 aromatic carbocycles. The Morgan fingerprint density at radius 3 is 1.14 bits per heavy atom. The molecule has 50 heavy (non-hydrogen) atoms. The van der Waals surface area contributed by atoms with Crippen LogP contribution in [-0.4, -0.2) is 25.9 Å². The number of hydrogen-bond acceptors (Lipinski definition) is 12. The fraction of sp³-hybridized carbons (Fsp3) is 0.0588. The van der Waals surface area contributed by atoms with E-state index in [0.717, 1.165) is 22.3 Å². The molecule has 0 radical (unpaired) electrons. The van der Waals surface area contributed by atoms with E-state index in [4.69, 9.17) is 22.9 Å². The van der Waals surface area contributed by atoms with Crippen molar-refractivity contribution in [1.82, 2.24) is 0 Å². The van der Waals surface area contributed by atoms with E-state index in [9.17, 15) is 25.9 Å². The van der Waals surface area contributed by atoms with Gasteiger partial charge >= 0.3 is 0 Å². The van der Waals surface area contributed by atoms with Gasteiger partial charge in [0.25, 0.3) is 20.2 Å². The smallest absolute Gasteiger partial charge is 0.297 e. The Kier molecular flexibility index (Phi) is 8.49. The van der Waals surface area contributed by atoms with Crippen LogP contribution in [0.4, 0.5) is 45.5 Å². The van der Waals surface area contributed by atoms with E-state index in [2.05, 4.69) is 20.5 Å². The van der Waals surface area contributed by atoms with Crippen LogP contribution in [-0.2, 0) is 20.2 Å². The maximum atomic E-state index is 12.2. The first-order valence-electron chi connectivity index (χ1n) is 14.8. The van der Waals surface area contributed by atoms with Gasteiger partial charge in [0.2, 0.25) is 0 Å². The summed E-state index contributed by atoms with van der Waals surface area (Å²) in [5.74, 6) is 0. The van der Waals surface area contributed by atoms with E-state index in [-0.39, 0.29) is 44.9 Å². The Bertz CT molecular complexity index is 2490. The first-order valence-corrected chi connectivity index (χ1v) is 17.7. The van der Waals surface area contributed by atoms with Crippen molar-refractivity contribution in [2.45, 2.75) is 23.6 Å². The van der Waals surface area contributed by atoms with Crippen molar-refractivity contribution in [3.63, 3.8) is 0 Å². The highest BCUT2D eigenvalue weighted by molar-refractivity contribution is 7.86. The minimum Gasteiger partial charge on any atom is -0.396 e. The van der Waals surface area contributed by atoms with E-state index < -0.39 is 30.0 Å². The second-order valence-corrected chi connectivity index (χ2v) is 14.2. The molecule has 0 spiro atoms. The molecule has 0 heterocycles. The number of nitrogen functional groups attached to an aromatic ring is 4. The minimum absolute atomic E-state index is 0.0833. The molecule has 0 atom stereocenters. The summed E-state index contributed by atoms with van der Waals surface area (Å²) in [6, 6.07) is 23.4. The number of aryl methyl sites for hydroxylation is 2. The normalized spacial score (nSPS) is 12.5. The Balaban J connectivity index is 1.31. The first kappa shape index (κ1) is 33.9. The van der Waals surface area contributed by atoms with Crippen molar-refractivity contribution in [1.29, 1.82) is 0 Å². The van der Waals surface area contributed by atoms with E-state index in [1.807, 2.05) is 26.0 Å². The number of nitrogens with two attached hydrogens (primary N) is 4. The van der Waals surface area contributed by atoms with Gasteiger partial charge in [-0.05, 0) is 60.4 Å². The first-order chi connectivity index (χ1) is 23.6. The van der Waals surface area contributed by atoms with Gasteiger partial charge in [0, 0.05) is 21.5 Å². The highest BCUT2D eigenvalue weighted by atomic mass is 32.2. The second kappa shape index (κ2) is 12.5. The number of nitrogens with zero attached hydrogens (tertiary/aromatic N) is 4. The zero-order valence-electron chi connectivity index (χ0n) is 26.5. The van der Waals surface area contributed by atoms with E-state index >= 15 is 0 Å². The summed E-state index contributed by atoms with van der Waals surface area (Å²) >= 11 is 0. The molecule has 0 aliphatic carbocycles. The molecule has 0 aromatic heterocycles. The molecule has 0 bridgehead atoms. The molecule has 0 saturated heterocycles. The summed E-state index contributed by atoms with van der Waals surface area (Å²) in [7, 11) is -9.41. The van der Waals surface area contributed by atoms with Crippen molar-refractivity contribution >= 4 is 87.3 Å². The number of azo groups is 2. The third-order valence-electron chi connectivity index (χ3n) is 8.19. The topological polar surface area (TPSA) is 262 Å². The highest BCUT2D eigenvalue weighted by Gasteiger charge is 2.25. The molecular weight excluding hydrogens is 681 g/mol. The lowest BCUT2D eigenvalue weighted by Crippen LogP contribution is -2.06. The largest absolute Gasteiger partial charge is 0.396 e. The highest BCUT2D eigenvalue weighted by Crippen LogP contribution is 2.45. The van der Waals surface area contributed by atoms with Gasteiger partial charge in [-0.2, -0.15) is 27.1 Å². The van der Waals surface area contributed by atoms with Gasteiger partial charge in [0.05, 0.1) is 34.1 Å².